The monoisotopic (exact) mass is 376 g/mol. The van der Waals surface area contributed by atoms with E-state index in [1.807, 2.05) is 23.1 Å². The summed E-state index contributed by atoms with van der Waals surface area (Å²) in [6, 6.07) is 5.28. The van der Waals surface area contributed by atoms with Crippen LogP contribution in [0.3, 0.4) is 0 Å². The molecule has 3 rings (SSSR count). The van der Waals surface area contributed by atoms with Crippen LogP contribution in [0.15, 0.2) is 18.2 Å². The molecule has 2 aliphatic heterocycles. The molecule has 2 aliphatic rings. The molecule has 0 N–H and O–H groups in total. The first kappa shape index (κ1) is 19.5. The number of amides is 2. The van der Waals surface area contributed by atoms with E-state index in [1.54, 1.807) is 26.2 Å². The molecule has 7 nitrogen and oxygen atoms in total. The minimum atomic E-state index is -0.384. The summed E-state index contributed by atoms with van der Waals surface area (Å²) in [6.45, 7) is 2.44. The van der Waals surface area contributed by atoms with Crippen molar-refractivity contribution in [2.24, 2.45) is 5.92 Å². The molecule has 1 aromatic carbocycles. The second kappa shape index (κ2) is 8.61. The average Bonchev–Trinajstić information content (AvgIpc) is 3.33. The van der Waals surface area contributed by atoms with Crippen molar-refractivity contribution in [1.29, 1.82) is 0 Å². The first-order chi connectivity index (χ1) is 13.1. The van der Waals surface area contributed by atoms with Crippen molar-refractivity contribution in [3.8, 4) is 11.5 Å². The zero-order valence-electron chi connectivity index (χ0n) is 16.3. The number of ether oxygens (including phenoxy) is 3. The van der Waals surface area contributed by atoms with E-state index in [2.05, 4.69) is 0 Å². The van der Waals surface area contributed by atoms with Crippen LogP contribution in [0.4, 0.5) is 0 Å². The van der Waals surface area contributed by atoms with Crippen LogP contribution in [-0.4, -0.2) is 69.2 Å². The van der Waals surface area contributed by atoms with Gasteiger partial charge in [0.1, 0.15) is 0 Å². The zero-order chi connectivity index (χ0) is 19.4. The Bertz CT molecular complexity index is 687. The van der Waals surface area contributed by atoms with Crippen molar-refractivity contribution in [1.82, 2.24) is 9.80 Å². The number of carbonyl (C=O) groups is 2. The summed E-state index contributed by atoms with van der Waals surface area (Å²) >= 11 is 0. The lowest BCUT2D eigenvalue weighted by atomic mass is 9.92. The quantitative estimate of drug-likeness (QED) is 0.727. The highest BCUT2D eigenvalue weighted by atomic mass is 16.5. The molecule has 148 valence electrons. The van der Waals surface area contributed by atoms with E-state index in [1.165, 1.54) is 0 Å². The summed E-state index contributed by atoms with van der Waals surface area (Å²) in [7, 11) is 4.77. The summed E-state index contributed by atoms with van der Waals surface area (Å²) in [5, 5.41) is 0. The van der Waals surface area contributed by atoms with Gasteiger partial charge >= 0.3 is 0 Å². The molecule has 0 unspecified atom stereocenters. The van der Waals surface area contributed by atoms with Crippen LogP contribution < -0.4 is 9.47 Å². The maximum atomic E-state index is 13.1. The molecule has 0 saturated carbocycles. The molecule has 27 heavy (non-hydrogen) atoms. The molecule has 0 bridgehead atoms. The Morgan fingerprint density at radius 3 is 2.44 bits per heavy atom. The fourth-order valence-corrected chi connectivity index (χ4v) is 4.09. The Hall–Kier alpha value is -2.28. The first-order valence-corrected chi connectivity index (χ1v) is 9.39. The molecular formula is C20H28N2O5. The van der Waals surface area contributed by atoms with E-state index >= 15 is 0 Å². The van der Waals surface area contributed by atoms with Gasteiger partial charge in [-0.15, -0.1) is 0 Å². The minimum absolute atomic E-state index is 0.00983. The Balaban J connectivity index is 1.95. The fraction of sp³-hybridized carbons (Fsp3) is 0.600. The smallest absolute Gasteiger partial charge is 0.228 e. The van der Waals surface area contributed by atoms with Crippen LogP contribution in [-0.2, 0) is 14.3 Å². The van der Waals surface area contributed by atoms with Crippen molar-refractivity contribution in [3.63, 3.8) is 0 Å². The molecule has 0 aromatic heterocycles. The normalized spacial score (nSPS) is 22.4. The summed E-state index contributed by atoms with van der Waals surface area (Å²) in [6.07, 6.45) is 2.29. The molecular weight excluding hydrogens is 348 g/mol. The van der Waals surface area contributed by atoms with E-state index in [-0.39, 0.29) is 30.2 Å². The van der Waals surface area contributed by atoms with Gasteiger partial charge in [-0.25, -0.2) is 0 Å². The lowest BCUT2D eigenvalue weighted by Gasteiger charge is -2.30. The zero-order valence-corrected chi connectivity index (χ0v) is 16.3. The van der Waals surface area contributed by atoms with Gasteiger partial charge in [0.05, 0.1) is 32.8 Å². The number of likely N-dealkylation sites (tertiary alicyclic amines) is 2. The van der Waals surface area contributed by atoms with E-state index < -0.39 is 0 Å². The Kier molecular flexibility index (Phi) is 6.21. The van der Waals surface area contributed by atoms with E-state index in [4.69, 9.17) is 14.2 Å². The predicted molar refractivity (Wildman–Crippen MR) is 99.8 cm³/mol. The molecule has 2 heterocycles. The standard InChI is InChI=1S/C20H28N2O5/c1-25-11-10-22-18(23)13-15(20(24)21-8-4-5-9-21)19(22)14-6-7-16(26-2)17(12-14)27-3/h6-7,12,15,19H,4-5,8-11,13H2,1-3H3/t15-,19+/m1/s1. The number of nitrogens with zero attached hydrogens (tertiary/aromatic N) is 2. The van der Waals surface area contributed by atoms with Gasteiger partial charge < -0.3 is 24.0 Å². The lowest BCUT2D eigenvalue weighted by molar-refractivity contribution is -0.135. The minimum Gasteiger partial charge on any atom is -0.493 e. The molecule has 2 amide bonds. The molecule has 0 aliphatic carbocycles. The summed E-state index contributed by atoms with van der Waals surface area (Å²) < 4.78 is 15.9. The third-order valence-electron chi connectivity index (χ3n) is 5.45. The van der Waals surface area contributed by atoms with Gasteiger partial charge in [0.15, 0.2) is 11.5 Å². The molecule has 2 fully saturated rings. The largest absolute Gasteiger partial charge is 0.493 e. The maximum Gasteiger partial charge on any atom is 0.228 e. The Morgan fingerprint density at radius 1 is 1.11 bits per heavy atom. The predicted octanol–water partition coefficient (Wildman–Crippen LogP) is 1.86. The fourth-order valence-electron chi connectivity index (χ4n) is 4.09. The SMILES string of the molecule is COCCN1C(=O)C[C@@H](C(=O)N2CCCC2)[C@@H]1c1ccc(OC)c(OC)c1. The van der Waals surface area contributed by atoms with Crippen LogP contribution in [0.2, 0.25) is 0 Å². The number of rotatable bonds is 7. The van der Waals surface area contributed by atoms with Crippen molar-refractivity contribution in [2.75, 3.05) is 47.6 Å². The summed E-state index contributed by atoms with van der Waals surface area (Å²) in [5.74, 6) is 0.889. The van der Waals surface area contributed by atoms with Gasteiger partial charge in [-0.2, -0.15) is 0 Å². The van der Waals surface area contributed by atoms with Crippen LogP contribution in [0.25, 0.3) is 0 Å². The maximum absolute atomic E-state index is 13.1. The molecule has 0 spiro atoms. The van der Waals surface area contributed by atoms with E-state index in [0.717, 1.165) is 31.5 Å². The van der Waals surface area contributed by atoms with Gasteiger partial charge in [0.2, 0.25) is 11.8 Å². The second-order valence-electron chi connectivity index (χ2n) is 6.98. The molecule has 0 radical (unpaired) electrons. The third-order valence-corrected chi connectivity index (χ3v) is 5.45. The van der Waals surface area contributed by atoms with Crippen LogP contribution in [0.5, 0.6) is 11.5 Å². The molecule has 2 atom stereocenters. The van der Waals surface area contributed by atoms with Gasteiger partial charge in [-0.05, 0) is 30.5 Å². The van der Waals surface area contributed by atoms with E-state index in [9.17, 15) is 9.59 Å². The van der Waals surface area contributed by atoms with Gasteiger partial charge in [-0.1, -0.05) is 6.07 Å². The molecule has 1 aromatic rings. The average molecular weight is 376 g/mol. The number of hydrogen-bond acceptors (Lipinski definition) is 5. The van der Waals surface area contributed by atoms with Crippen LogP contribution >= 0.6 is 0 Å². The van der Waals surface area contributed by atoms with Crippen molar-refractivity contribution in [2.45, 2.75) is 25.3 Å². The highest BCUT2D eigenvalue weighted by Gasteiger charge is 2.46. The number of hydrogen-bond donors (Lipinski definition) is 0. The van der Waals surface area contributed by atoms with Gasteiger partial charge in [0.25, 0.3) is 0 Å². The van der Waals surface area contributed by atoms with Crippen molar-refractivity contribution < 1.29 is 23.8 Å². The highest BCUT2D eigenvalue weighted by Crippen LogP contribution is 2.42. The van der Waals surface area contributed by atoms with Crippen LogP contribution in [0, 0.1) is 5.92 Å². The van der Waals surface area contributed by atoms with E-state index in [0.29, 0.717) is 24.7 Å². The topological polar surface area (TPSA) is 68.3 Å². The Labute approximate surface area is 160 Å². The van der Waals surface area contributed by atoms with Gasteiger partial charge in [0, 0.05) is 33.2 Å². The van der Waals surface area contributed by atoms with Gasteiger partial charge in [-0.3, -0.25) is 9.59 Å². The number of methoxy groups -OCH3 is 3. The van der Waals surface area contributed by atoms with Crippen molar-refractivity contribution >= 4 is 11.8 Å². The highest BCUT2D eigenvalue weighted by molar-refractivity contribution is 5.90. The molecule has 7 heteroatoms. The Morgan fingerprint density at radius 2 is 1.81 bits per heavy atom. The first-order valence-electron chi connectivity index (χ1n) is 9.39. The summed E-state index contributed by atoms with van der Waals surface area (Å²) in [5.41, 5.74) is 0.882. The number of benzene rings is 1. The van der Waals surface area contributed by atoms with Crippen LogP contribution in [0.1, 0.15) is 30.9 Å². The third kappa shape index (κ3) is 3.88. The molecule has 2 saturated heterocycles. The number of carbonyl (C=O) groups excluding carboxylic acids is 2. The second-order valence-corrected chi connectivity index (χ2v) is 6.98. The summed E-state index contributed by atoms with van der Waals surface area (Å²) in [4.78, 5) is 29.5. The lowest BCUT2D eigenvalue weighted by Crippen LogP contribution is -2.38. The van der Waals surface area contributed by atoms with Crippen molar-refractivity contribution in [3.05, 3.63) is 23.8 Å².